The van der Waals surface area contributed by atoms with Gasteiger partial charge in [-0.15, -0.1) is 0 Å². The minimum Gasteiger partial charge on any atom is -0.379 e. The Balaban J connectivity index is 1.93. The molecule has 3 heteroatoms. The zero-order valence-corrected chi connectivity index (χ0v) is 12.8. The van der Waals surface area contributed by atoms with Crippen molar-refractivity contribution < 1.29 is 4.74 Å². The van der Waals surface area contributed by atoms with Crippen LogP contribution in [0.15, 0.2) is 0 Å². The van der Waals surface area contributed by atoms with Crippen LogP contribution in [0.3, 0.4) is 0 Å². The highest BCUT2D eigenvalue weighted by Crippen LogP contribution is 2.15. The average molecular weight is 256 g/mol. The van der Waals surface area contributed by atoms with Gasteiger partial charge < -0.3 is 15.0 Å². The predicted molar refractivity (Wildman–Crippen MR) is 78.0 cm³/mol. The summed E-state index contributed by atoms with van der Waals surface area (Å²) >= 11 is 0. The zero-order valence-electron chi connectivity index (χ0n) is 12.8. The summed E-state index contributed by atoms with van der Waals surface area (Å²) in [5.74, 6) is 0.940. The monoisotopic (exact) mass is 256 g/mol. The van der Waals surface area contributed by atoms with Crippen molar-refractivity contribution in [2.45, 2.75) is 52.1 Å². The smallest absolute Gasteiger partial charge is 0.0634 e. The van der Waals surface area contributed by atoms with E-state index in [1.54, 1.807) is 7.11 Å². The molecule has 0 aliphatic carbocycles. The molecular weight excluding hydrogens is 224 g/mol. The molecule has 0 unspecified atom stereocenters. The van der Waals surface area contributed by atoms with Crippen LogP contribution in [0.25, 0.3) is 0 Å². The summed E-state index contributed by atoms with van der Waals surface area (Å²) in [6.07, 6.45) is 5.11. The van der Waals surface area contributed by atoms with Gasteiger partial charge in [-0.1, -0.05) is 6.92 Å². The maximum atomic E-state index is 5.40. The average Bonchev–Trinajstić information content (AvgIpc) is 2.36. The van der Waals surface area contributed by atoms with Crippen molar-refractivity contribution in [2.24, 2.45) is 5.92 Å². The fraction of sp³-hybridized carbons (Fsp3) is 1.00. The number of methoxy groups -OCH3 is 1. The van der Waals surface area contributed by atoms with E-state index in [9.17, 15) is 0 Å². The number of rotatable bonds is 8. The first-order valence-corrected chi connectivity index (χ1v) is 7.52. The van der Waals surface area contributed by atoms with E-state index in [-0.39, 0.29) is 5.60 Å². The second-order valence-corrected chi connectivity index (χ2v) is 6.34. The van der Waals surface area contributed by atoms with Crippen molar-refractivity contribution in [1.82, 2.24) is 10.2 Å². The Morgan fingerprint density at radius 1 is 1.22 bits per heavy atom. The Kier molecular flexibility index (Phi) is 7.20. The first-order valence-electron chi connectivity index (χ1n) is 7.52. The normalized spacial score (nSPS) is 19.3. The van der Waals surface area contributed by atoms with Crippen molar-refractivity contribution in [3.05, 3.63) is 0 Å². The first-order chi connectivity index (χ1) is 8.53. The van der Waals surface area contributed by atoms with Gasteiger partial charge in [0.25, 0.3) is 0 Å². The minimum atomic E-state index is 0.00993. The molecule has 1 fully saturated rings. The predicted octanol–water partition coefficient (Wildman–Crippen LogP) is 2.51. The van der Waals surface area contributed by atoms with Gasteiger partial charge in [0, 0.05) is 7.11 Å². The highest BCUT2D eigenvalue weighted by Gasteiger charge is 2.16. The van der Waals surface area contributed by atoms with E-state index in [0.29, 0.717) is 0 Å². The Labute approximate surface area is 113 Å². The number of nitrogens with one attached hydrogen (secondary N) is 1. The molecular formula is C15H32N2O. The molecule has 0 amide bonds. The number of ether oxygens (including phenoxy) is 1. The number of hydrogen-bond acceptors (Lipinski definition) is 3. The van der Waals surface area contributed by atoms with Crippen LogP contribution in [0, 0.1) is 5.92 Å². The van der Waals surface area contributed by atoms with Gasteiger partial charge in [0.1, 0.15) is 0 Å². The summed E-state index contributed by atoms with van der Waals surface area (Å²) in [4.78, 5) is 2.61. The van der Waals surface area contributed by atoms with E-state index in [2.05, 4.69) is 31.0 Å². The number of likely N-dealkylation sites (tertiary alicyclic amines) is 1. The molecule has 0 spiro atoms. The maximum Gasteiger partial charge on any atom is 0.0634 e. The number of piperidine rings is 1. The molecule has 108 valence electrons. The number of hydrogen-bond donors (Lipinski definition) is 1. The van der Waals surface area contributed by atoms with E-state index in [1.807, 2.05) is 0 Å². The lowest BCUT2D eigenvalue weighted by atomic mass is 9.99. The third kappa shape index (κ3) is 6.72. The van der Waals surface area contributed by atoms with Gasteiger partial charge in [-0.05, 0) is 78.2 Å². The van der Waals surface area contributed by atoms with Crippen molar-refractivity contribution in [2.75, 3.05) is 39.8 Å². The van der Waals surface area contributed by atoms with Gasteiger partial charge in [0.2, 0.25) is 0 Å². The van der Waals surface area contributed by atoms with Crippen LogP contribution in [0.4, 0.5) is 0 Å². The molecule has 1 rings (SSSR count). The Hall–Kier alpha value is -0.120. The molecule has 0 aromatic carbocycles. The van der Waals surface area contributed by atoms with Gasteiger partial charge in [0.05, 0.1) is 5.60 Å². The van der Waals surface area contributed by atoms with E-state index in [4.69, 9.17) is 4.74 Å². The van der Waals surface area contributed by atoms with Crippen LogP contribution < -0.4 is 5.32 Å². The zero-order chi connectivity index (χ0) is 13.4. The van der Waals surface area contributed by atoms with Crippen LogP contribution in [0.5, 0.6) is 0 Å². The molecule has 0 atom stereocenters. The van der Waals surface area contributed by atoms with Gasteiger partial charge in [-0.25, -0.2) is 0 Å². The molecule has 0 aromatic heterocycles. The Morgan fingerprint density at radius 2 is 1.89 bits per heavy atom. The lowest BCUT2D eigenvalue weighted by Gasteiger charge is -2.30. The van der Waals surface area contributed by atoms with Crippen LogP contribution in [0.1, 0.15) is 46.5 Å². The summed E-state index contributed by atoms with van der Waals surface area (Å²) in [7, 11) is 1.79. The molecule has 1 aliphatic rings. The molecule has 0 aromatic rings. The van der Waals surface area contributed by atoms with Crippen LogP contribution in [0.2, 0.25) is 0 Å². The van der Waals surface area contributed by atoms with Crippen molar-refractivity contribution >= 4 is 0 Å². The van der Waals surface area contributed by atoms with Gasteiger partial charge in [-0.3, -0.25) is 0 Å². The standard InChI is InChI=1S/C15H32N2O/c1-14-6-12-17(13-7-14)11-5-9-16-10-8-15(2,3)18-4/h14,16H,5-13H2,1-4H3. The highest BCUT2D eigenvalue weighted by molar-refractivity contribution is 4.71. The lowest BCUT2D eigenvalue weighted by molar-refractivity contribution is 0.0159. The van der Waals surface area contributed by atoms with E-state index in [0.717, 1.165) is 25.4 Å². The molecule has 1 heterocycles. The third-order valence-corrected chi connectivity index (χ3v) is 4.16. The van der Waals surface area contributed by atoms with Crippen LogP contribution >= 0.6 is 0 Å². The van der Waals surface area contributed by atoms with Gasteiger partial charge in [0.15, 0.2) is 0 Å². The SMILES string of the molecule is COC(C)(C)CCNCCCN1CCC(C)CC1. The quantitative estimate of drug-likeness (QED) is 0.675. The Morgan fingerprint density at radius 3 is 2.50 bits per heavy atom. The van der Waals surface area contributed by atoms with Crippen molar-refractivity contribution in [3.8, 4) is 0 Å². The second kappa shape index (κ2) is 8.13. The van der Waals surface area contributed by atoms with Crippen LogP contribution in [-0.4, -0.2) is 50.3 Å². The van der Waals surface area contributed by atoms with E-state index >= 15 is 0 Å². The summed E-state index contributed by atoms with van der Waals surface area (Å²) in [5.41, 5.74) is 0.00993. The maximum absolute atomic E-state index is 5.40. The van der Waals surface area contributed by atoms with Crippen molar-refractivity contribution in [1.29, 1.82) is 0 Å². The largest absolute Gasteiger partial charge is 0.379 e. The fourth-order valence-corrected chi connectivity index (χ4v) is 2.33. The molecule has 0 bridgehead atoms. The van der Waals surface area contributed by atoms with Gasteiger partial charge in [-0.2, -0.15) is 0 Å². The summed E-state index contributed by atoms with van der Waals surface area (Å²) in [6, 6.07) is 0. The van der Waals surface area contributed by atoms with E-state index in [1.165, 1.54) is 38.9 Å². The summed E-state index contributed by atoms with van der Waals surface area (Å²) in [6.45, 7) is 12.7. The van der Waals surface area contributed by atoms with Crippen LogP contribution in [-0.2, 0) is 4.74 Å². The molecule has 0 radical (unpaired) electrons. The molecule has 18 heavy (non-hydrogen) atoms. The van der Waals surface area contributed by atoms with Crippen molar-refractivity contribution in [3.63, 3.8) is 0 Å². The highest BCUT2D eigenvalue weighted by atomic mass is 16.5. The van der Waals surface area contributed by atoms with E-state index < -0.39 is 0 Å². The minimum absolute atomic E-state index is 0.00993. The second-order valence-electron chi connectivity index (χ2n) is 6.34. The molecule has 3 nitrogen and oxygen atoms in total. The van der Waals surface area contributed by atoms with Gasteiger partial charge >= 0.3 is 0 Å². The molecule has 1 aliphatic heterocycles. The molecule has 1 N–H and O–H groups in total. The summed E-state index contributed by atoms with van der Waals surface area (Å²) in [5, 5.41) is 3.52. The molecule has 1 saturated heterocycles. The number of nitrogens with zero attached hydrogens (tertiary/aromatic N) is 1. The topological polar surface area (TPSA) is 24.5 Å². The first kappa shape index (κ1) is 15.9. The third-order valence-electron chi connectivity index (χ3n) is 4.16. The summed E-state index contributed by atoms with van der Waals surface area (Å²) < 4.78 is 5.40. The molecule has 0 saturated carbocycles. The Bertz CT molecular complexity index is 211. The fourth-order valence-electron chi connectivity index (χ4n) is 2.33. The lowest BCUT2D eigenvalue weighted by Crippen LogP contribution is -2.35.